The van der Waals surface area contributed by atoms with Crippen molar-refractivity contribution in [3.63, 3.8) is 0 Å². The van der Waals surface area contributed by atoms with Crippen molar-refractivity contribution in [1.82, 2.24) is 0 Å². The van der Waals surface area contributed by atoms with Gasteiger partial charge >= 0.3 is 11.9 Å². The number of hydrogen-bond acceptors (Lipinski definition) is 5. The van der Waals surface area contributed by atoms with Crippen LogP contribution in [0.1, 0.15) is 13.8 Å². The van der Waals surface area contributed by atoms with Gasteiger partial charge in [-0.3, -0.25) is 4.89 Å². The molecule has 1 heterocycles. The maximum Gasteiger partial charge on any atom is 0.373 e. The molecular weight excluding hydrogens is 128 g/mol. The van der Waals surface area contributed by atoms with Gasteiger partial charge in [-0.05, 0) is 0 Å². The quantitative estimate of drug-likeness (QED) is 0.305. The fraction of sp³-hybridized carbons (Fsp3) is 0.750. The molecule has 0 amide bonds. The summed E-state index contributed by atoms with van der Waals surface area (Å²) in [5.74, 6) is -1.71. The summed E-state index contributed by atoms with van der Waals surface area (Å²) in [5.41, 5.74) is 0. The lowest BCUT2D eigenvalue weighted by Crippen LogP contribution is -2.12. The van der Waals surface area contributed by atoms with Crippen LogP contribution in [0.4, 0.5) is 0 Å². The topological polar surface area (TPSA) is 60.6 Å². The van der Waals surface area contributed by atoms with Gasteiger partial charge in [0.1, 0.15) is 0 Å². The third kappa shape index (κ3) is 1.96. The van der Waals surface area contributed by atoms with Gasteiger partial charge in [-0.1, -0.05) is 0 Å². The SMILES string of the molecule is CC(=O)OOC1(C)OO1. The van der Waals surface area contributed by atoms with E-state index in [2.05, 4.69) is 19.6 Å². The lowest BCUT2D eigenvalue weighted by atomic mass is 10.7. The van der Waals surface area contributed by atoms with Crippen molar-refractivity contribution in [1.29, 1.82) is 0 Å². The van der Waals surface area contributed by atoms with Gasteiger partial charge in [0.2, 0.25) is 0 Å². The molecule has 52 valence electrons. The van der Waals surface area contributed by atoms with Crippen LogP contribution in [0, 0.1) is 0 Å². The first-order valence-electron chi connectivity index (χ1n) is 2.35. The highest BCUT2D eigenvalue weighted by molar-refractivity contribution is 5.65. The zero-order valence-electron chi connectivity index (χ0n) is 5.04. The fourth-order valence-electron chi connectivity index (χ4n) is 0.221. The smallest absolute Gasteiger partial charge is 0.293 e. The second kappa shape index (κ2) is 1.94. The molecule has 0 aromatic carbocycles. The van der Waals surface area contributed by atoms with E-state index in [1.165, 1.54) is 13.8 Å². The van der Waals surface area contributed by atoms with E-state index in [4.69, 9.17) is 0 Å². The molecule has 0 radical (unpaired) electrons. The molecule has 0 N–H and O–H groups in total. The molecule has 5 nitrogen and oxygen atoms in total. The van der Waals surface area contributed by atoms with E-state index in [1.54, 1.807) is 0 Å². The van der Waals surface area contributed by atoms with E-state index in [0.29, 0.717) is 0 Å². The summed E-state index contributed by atoms with van der Waals surface area (Å²) < 4.78 is 0. The highest BCUT2D eigenvalue weighted by Crippen LogP contribution is 2.29. The standard InChI is InChI=1S/C4H6O5/c1-3(5)6-7-4(2)8-9-4/h1-2H3. The Bertz CT molecular complexity index is 127. The largest absolute Gasteiger partial charge is 0.373 e. The van der Waals surface area contributed by atoms with Crippen molar-refractivity contribution in [2.45, 2.75) is 19.8 Å². The summed E-state index contributed by atoms with van der Waals surface area (Å²) in [5, 5.41) is 0. The second-order valence-corrected chi connectivity index (χ2v) is 1.69. The van der Waals surface area contributed by atoms with Crippen molar-refractivity contribution in [3.05, 3.63) is 0 Å². The van der Waals surface area contributed by atoms with Gasteiger partial charge in [-0.25, -0.2) is 4.79 Å². The molecule has 0 atom stereocenters. The van der Waals surface area contributed by atoms with Gasteiger partial charge in [0.15, 0.2) is 0 Å². The Morgan fingerprint density at radius 3 is 2.44 bits per heavy atom. The van der Waals surface area contributed by atoms with Crippen LogP contribution in [-0.4, -0.2) is 11.9 Å². The third-order valence-corrected chi connectivity index (χ3v) is 0.628. The Morgan fingerprint density at radius 2 is 2.11 bits per heavy atom. The second-order valence-electron chi connectivity index (χ2n) is 1.69. The first-order chi connectivity index (χ1) is 4.12. The van der Waals surface area contributed by atoms with E-state index in [0.717, 1.165) is 0 Å². The predicted molar refractivity (Wildman–Crippen MR) is 23.4 cm³/mol. The van der Waals surface area contributed by atoms with Gasteiger partial charge in [0.05, 0.1) is 0 Å². The van der Waals surface area contributed by atoms with Crippen molar-refractivity contribution in [2.75, 3.05) is 0 Å². The normalized spacial score (nSPS) is 21.1. The molecule has 1 fully saturated rings. The number of carbonyl (C=O) groups excluding carboxylic acids is 1. The molecule has 5 heteroatoms. The van der Waals surface area contributed by atoms with Crippen molar-refractivity contribution >= 4 is 5.97 Å². The summed E-state index contributed by atoms with van der Waals surface area (Å²) in [4.78, 5) is 26.9. The summed E-state index contributed by atoms with van der Waals surface area (Å²) in [6.07, 6.45) is 0. The summed E-state index contributed by atoms with van der Waals surface area (Å²) >= 11 is 0. The Morgan fingerprint density at radius 1 is 1.56 bits per heavy atom. The van der Waals surface area contributed by atoms with Gasteiger partial charge in [0.25, 0.3) is 0 Å². The Balaban J connectivity index is 2.12. The maximum atomic E-state index is 10.1. The first-order valence-corrected chi connectivity index (χ1v) is 2.35. The molecule has 1 aliphatic heterocycles. The monoisotopic (exact) mass is 134 g/mol. The van der Waals surface area contributed by atoms with Crippen molar-refractivity contribution in [2.24, 2.45) is 0 Å². The molecule has 0 unspecified atom stereocenters. The number of hydrogen-bond donors (Lipinski definition) is 0. The fourth-order valence-corrected chi connectivity index (χ4v) is 0.221. The van der Waals surface area contributed by atoms with Crippen molar-refractivity contribution in [3.8, 4) is 0 Å². The molecule has 0 aliphatic carbocycles. The van der Waals surface area contributed by atoms with Gasteiger partial charge in [-0.15, -0.1) is 4.89 Å². The summed E-state index contributed by atoms with van der Waals surface area (Å²) in [6, 6.07) is 0. The molecule has 9 heavy (non-hydrogen) atoms. The average Bonchev–Trinajstić information content (AvgIpc) is 2.45. The summed E-state index contributed by atoms with van der Waals surface area (Å²) in [7, 11) is 0. The molecule has 0 aromatic heterocycles. The highest BCUT2D eigenvalue weighted by atomic mass is 17.5. The van der Waals surface area contributed by atoms with Crippen LogP contribution >= 0.6 is 0 Å². The molecular formula is C4H6O5. The van der Waals surface area contributed by atoms with Gasteiger partial charge < -0.3 is 0 Å². The first kappa shape index (κ1) is 6.47. The van der Waals surface area contributed by atoms with E-state index in [-0.39, 0.29) is 0 Å². The summed E-state index contributed by atoms with van der Waals surface area (Å²) in [6.45, 7) is 2.68. The lowest BCUT2D eigenvalue weighted by Gasteiger charge is -1.97. The average molecular weight is 134 g/mol. The Hall–Kier alpha value is -0.650. The highest BCUT2D eigenvalue weighted by Gasteiger charge is 2.48. The number of rotatable bonds is 2. The molecule has 0 saturated carbocycles. The van der Waals surface area contributed by atoms with Crippen LogP contribution in [0.5, 0.6) is 0 Å². The molecule has 0 aromatic rings. The zero-order valence-corrected chi connectivity index (χ0v) is 5.04. The van der Waals surface area contributed by atoms with Crippen LogP contribution in [0.3, 0.4) is 0 Å². The Labute approximate surface area is 51.3 Å². The zero-order chi connectivity index (χ0) is 6.91. The minimum atomic E-state index is -1.16. The molecule has 1 saturated heterocycles. The van der Waals surface area contributed by atoms with Crippen LogP contribution in [0.25, 0.3) is 0 Å². The van der Waals surface area contributed by atoms with Gasteiger partial charge in [-0.2, -0.15) is 9.78 Å². The minimum Gasteiger partial charge on any atom is -0.293 e. The third-order valence-electron chi connectivity index (χ3n) is 0.628. The maximum absolute atomic E-state index is 10.1. The van der Waals surface area contributed by atoms with Crippen LogP contribution < -0.4 is 0 Å². The minimum absolute atomic E-state index is 0.546. The van der Waals surface area contributed by atoms with Gasteiger partial charge in [0, 0.05) is 13.8 Å². The predicted octanol–water partition coefficient (Wildman–Crippen LogP) is 0.117. The van der Waals surface area contributed by atoms with E-state index >= 15 is 0 Å². The van der Waals surface area contributed by atoms with E-state index in [9.17, 15) is 4.79 Å². The molecule has 0 spiro atoms. The number of carbonyl (C=O) groups is 1. The van der Waals surface area contributed by atoms with Crippen LogP contribution in [0.15, 0.2) is 0 Å². The van der Waals surface area contributed by atoms with E-state index in [1.807, 2.05) is 0 Å². The Kier molecular flexibility index (Phi) is 1.40. The molecule has 1 aliphatic rings. The van der Waals surface area contributed by atoms with Crippen molar-refractivity contribution < 1.29 is 24.3 Å². The van der Waals surface area contributed by atoms with E-state index < -0.39 is 11.9 Å². The lowest BCUT2D eigenvalue weighted by molar-refractivity contribution is -0.331. The van der Waals surface area contributed by atoms with Crippen LogP contribution in [0.2, 0.25) is 0 Å². The molecule has 1 rings (SSSR count). The van der Waals surface area contributed by atoms with Crippen LogP contribution in [-0.2, 0) is 24.3 Å². The molecule has 0 bridgehead atoms.